The lowest BCUT2D eigenvalue weighted by Crippen LogP contribution is -2.42. The van der Waals surface area contributed by atoms with Crippen molar-refractivity contribution in [3.63, 3.8) is 0 Å². The Labute approximate surface area is 180 Å². The van der Waals surface area contributed by atoms with Crippen molar-refractivity contribution in [1.82, 2.24) is 9.80 Å². The molecule has 2 saturated heterocycles. The Kier molecular flexibility index (Phi) is 7.20. The number of amides is 3. The number of carbonyl (C=O) groups is 3. The molecule has 30 heavy (non-hydrogen) atoms. The molecular weight excluding hydrogens is 404 g/mol. The van der Waals surface area contributed by atoms with Crippen molar-refractivity contribution in [2.75, 3.05) is 26.7 Å². The van der Waals surface area contributed by atoms with Gasteiger partial charge < -0.3 is 14.7 Å². The number of methoxy groups -OCH3 is 1. The van der Waals surface area contributed by atoms with Gasteiger partial charge in [0.2, 0.25) is 5.91 Å². The number of hydrogen-bond donors (Lipinski definition) is 1. The van der Waals surface area contributed by atoms with Gasteiger partial charge in [-0.05, 0) is 54.8 Å². The third kappa shape index (κ3) is 4.87. The number of rotatable bonds is 6. The van der Waals surface area contributed by atoms with Crippen LogP contribution < -0.4 is 4.74 Å². The Morgan fingerprint density at radius 2 is 1.93 bits per heavy atom. The fraction of sp³-hybridized carbons (Fsp3) is 0.409. The van der Waals surface area contributed by atoms with Gasteiger partial charge in [0.25, 0.3) is 11.1 Å². The van der Waals surface area contributed by atoms with Gasteiger partial charge in [0.15, 0.2) is 11.5 Å². The molecule has 2 aliphatic heterocycles. The third-order valence-corrected chi connectivity index (χ3v) is 6.09. The van der Waals surface area contributed by atoms with Gasteiger partial charge in [-0.15, -0.1) is 6.58 Å². The topological polar surface area (TPSA) is 87.2 Å². The molecule has 3 rings (SSSR count). The van der Waals surface area contributed by atoms with Crippen LogP contribution in [0.3, 0.4) is 0 Å². The van der Waals surface area contributed by atoms with Crippen molar-refractivity contribution >= 4 is 34.9 Å². The van der Waals surface area contributed by atoms with Crippen LogP contribution in [0.2, 0.25) is 0 Å². The quantitative estimate of drug-likeness (QED) is 0.548. The van der Waals surface area contributed by atoms with Crippen molar-refractivity contribution in [2.45, 2.75) is 32.1 Å². The number of benzene rings is 1. The molecule has 0 spiro atoms. The van der Waals surface area contributed by atoms with E-state index < -0.39 is 11.1 Å². The zero-order chi connectivity index (χ0) is 21.7. The summed E-state index contributed by atoms with van der Waals surface area (Å²) in [5, 5.41) is 9.76. The fourth-order valence-corrected chi connectivity index (χ4v) is 4.42. The molecule has 0 radical (unpaired) electrons. The Morgan fingerprint density at radius 3 is 2.57 bits per heavy atom. The fourth-order valence-electron chi connectivity index (χ4n) is 3.58. The smallest absolute Gasteiger partial charge is 0.294 e. The van der Waals surface area contributed by atoms with E-state index in [4.69, 9.17) is 4.74 Å². The molecule has 1 N–H and O–H groups in total. The van der Waals surface area contributed by atoms with Gasteiger partial charge in [-0.25, -0.2) is 0 Å². The van der Waals surface area contributed by atoms with E-state index in [0.717, 1.165) is 42.3 Å². The van der Waals surface area contributed by atoms with E-state index in [1.807, 2.05) is 0 Å². The van der Waals surface area contributed by atoms with Crippen LogP contribution in [0.15, 0.2) is 29.7 Å². The molecule has 0 saturated carbocycles. The van der Waals surface area contributed by atoms with Crippen molar-refractivity contribution in [3.8, 4) is 11.5 Å². The van der Waals surface area contributed by atoms with Gasteiger partial charge in [0, 0.05) is 18.7 Å². The molecule has 0 atom stereocenters. The van der Waals surface area contributed by atoms with Gasteiger partial charge >= 0.3 is 0 Å². The molecule has 0 bridgehead atoms. The summed E-state index contributed by atoms with van der Waals surface area (Å²) in [6, 6.07) is 3.31. The van der Waals surface area contributed by atoms with E-state index >= 15 is 0 Å². The maximum Gasteiger partial charge on any atom is 0.294 e. The number of nitrogens with zero attached hydrogens (tertiary/aromatic N) is 2. The van der Waals surface area contributed by atoms with Gasteiger partial charge in [0.1, 0.15) is 6.54 Å². The highest BCUT2D eigenvalue weighted by Crippen LogP contribution is 2.36. The van der Waals surface area contributed by atoms with Crippen molar-refractivity contribution < 1.29 is 24.2 Å². The maximum atomic E-state index is 12.8. The average molecular weight is 431 g/mol. The number of hydrogen-bond acceptors (Lipinski definition) is 6. The van der Waals surface area contributed by atoms with Crippen LogP contribution in [0, 0.1) is 0 Å². The molecule has 7 nitrogen and oxygen atoms in total. The minimum atomic E-state index is -0.481. The normalized spacial score (nSPS) is 18.6. The Balaban J connectivity index is 1.78. The first kappa shape index (κ1) is 22.0. The second-order valence-electron chi connectivity index (χ2n) is 7.29. The second-order valence-corrected chi connectivity index (χ2v) is 8.28. The van der Waals surface area contributed by atoms with E-state index in [1.165, 1.54) is 7.11 Å². The van der Waals surface area contributed by atoms with Gasteiger partial charge in [0.05, 0.1) is 12.0 Å². The highest BCUT2D eigenvalue weighted by molar-refractivity contribution is 8.18. The van der Waals surface area contributed by atoms with Crippen molar-refractivity contribution in [1.29, 1.82) is 0 Å². The first-order valence-corrected chi connectivity index (χ1v) is 10.8. The average Bonchev–Trinajstić information content (AvgIpc) is 2.93. The largest absolute Gasteiger partial charge is 0.504 e. The van der Waals surface area contributed by atoms with Crippen molar-refractivity contribution in [2.24, 2.45) is 0 Å². The minimum Gasteiger partial charge on any atom is -0.504 e. The lowest BCUT2D eigenvalue weighted by molar-refractivity contribution is -0.135. The van der Waals surface area contributed by atoms with Crippen LogP contribution >= 0.6 is 11.8 Å². The first-order valence-electron chi connectivity index (χ1n) is 9.98. The molecule has 1 aromatic rings. The maximum absolute atomic E-state index is 12.8. The van der Waals surface area contributed by atoms with Gasteiger partial charge in [-0.1, -0.05) is 18.9 Å². The molecule has 0 aliphatic carbocycles. The number of ether oxygens (including phenoxy) is 1. The van der Waals surface area contributed by atoms with Crippen LogP contribution in [0.5, 0.6) is 11.5 Å². The molecule has 0 unspecified atom stereocenters. The lowest BCUT2D eigenvalue weighted by Gasteiger charge is -2.22. The van der Waals surface area contributed by atoms with Gasteiger partial charge in [-0.2, -0.15) is 0 Å². The standard InChI is InChI=1S/C22H26N2O5S/c1-3-8-16-11-15(12-17(29-2)20(16)26)13-18-21(27)24(22(28)30-18)14-19(25)23-9-6-4-5-7-10-23/h3,11-13,26H,1,4-10,14H2,2H3. The van der Waals surface area contributed by atoms with Crippen LogP contribution in [0.4, 0.5) is 4.79 Å². The number of carbonyl (C=O) groups excluding carboxylic acids is 3. The Morgan fingerprint density at radius 1 is 1.23 bits per heavy atom. The van der Waals surface area contributed by atoms with Crippen molar-refractivity contribution in [3.05, 3.63) is 40.8 Å². The Bertz CT molecular complexity index is 888. The van der Waals surface area contributed by atoms with Crippen LogP contribution in [-0.4, -0.2) is 58.7 Å². The van der Waals surface area contributed by atoms with E-state index in [9.17, 15) is 19.5 Å². The van der Waals surface area contributed by atoms with E-state index in [1.54, 1.807) is 29.2 Å². The molecule has 3 amide bonds. The summed E-state index contributed by atoms with van der Waals surface area (Å²) >= 11 is 0.811. The van der Waals surface area contributed by atoms with E-state index in [0.29, 0.717) is 30.6 Å². The predicted molar refractivity (Wildman–Crippen MR) is 116 cm³/mol. The highest BCUT2D eigenvalue weighted by atomic mass is 32.2. The summed E-state index contributed by atoms with van der Waals surface area (Å²) in [5.41, 5.74) is 1.22. The van der Waals surface area contributed by atoms with Crippen LogP contribution in [0.25, 0.3) is 6.08 Å². The molecular formula is C22H26N2O5S. The monoisotopic (exact) mass is 430 g/mol. The van der Waals surface area contributed by atoms with Crippen LogP contribution in [0.1, 0.15) is 36.8 Å². The van der Waals surface area contributed by atoms with E-state index in [-0.39, 0.29) is 28.9 Å². The summed E-state index contributed by atoms with van der Waals surface area (Å²) in [6.45, 7) is 4.78. The highest BCUT2D eigenvalue weighted by Gasteiger charge is 2.37. The summed E-state index contributed by atoms with van der Waals surface area (Å²) in [5.74, 6) is -0.382. The van der Waals surface area contributed by atoms with Crippen LogP contribution in [-0.2, 0) is 16.0 Å². The molecule has 8 heteroatoms. The summed E-state index contributed by atoms with van der Waals surface area (Å²) < 4.78 is 5.20. The number of likely N-dealkylation sites (tertiary alicyclic amines) is 1. The number of allylic oxidation sites excluding steroid dienone is 1. The lowest BCUT2D eigenvalue weighted by atomic mass is 10.1. The summed E-state index contributed by atoms with van der Waals surface area (Å²) in [7, 11) is 1.44. The second kappa shape index (κ2) is 9.84. The zero-order valence-corrected chi connectivity index (χ0v) is 17.9. The number of imide groups is 1. The summed E-state index contributed by atoms with van der Waals surface area (Å²) in [6.07, 6.45) is 7.74. The first-order chi connectivity index (χ1) is 14.4. The minimum absolute atomic E-state index is 0.0192. The molecule has 1 aromatic carbocycles. The molecule has 160 valence electrons. The summed E-state index contributed by atoms with van der Waals surface area (Å²) in [4.78, 5) is 40.8. The molecule has 2 aliphatic rings. The number of phenolic OH excluding ortho intramolecular Hbond substituents is 1. The number of thioether (sulfide) groups is 1. The zero-order valence-electron chi connectivity index (χ0n) is 17.1. The molecule has 2 fully saturated rings. The molecule has 2 heterocycles. The third-order valence-electron chi connectivity index (χ3n) is 5.18. The Hall–Kier alpha value is -2.74. The van der Waals surface area contributed by atoms with Gasteiger partial charge in [-0.3, -0.25) is 19.3 Å². The number of aromatic hydroxyl groups is 1. The predicted octanol–water partition coefficient (Wildman–Crippen LogP) is 3.57. The van der Waals surface area contributed by atoms with E-state index in [2.05, 4.69) is 6.58 Å². The SMILES string of the molecule is C=CCc1cc(C=C2SC(=O)N(CC(=O)N3CCCCCC3)C2=O)cc(OC)c1O. The molecule has 0 aromatic heterocycles. The number of phenols is 1.